The minimum atomic E-state index is -2.69. The Kier molecular flexibility index (Phi) is 5.08. The van der Waals surface area contributed by atoms with Crippen LogP contribution in [0, 0.1) is 5.92 Å². The minimum Gasteiger partial charge on any atom is -0.349 e. The Morgan fingerprint density at radius 3 is 2.50 bits per heavy atom. The molecule has 0 aromatic rings. The molecule has 0 aliphatic heterocycles. The predicted molar refractivity (Wildman–Crippen MR) is 67.4 cm³/mol. The van der Waals surface area contributed by atoms with E-state index in [2.05, 4.69) is 5.32 Å². The summed E-state index contributed by atoms with van der Waals surface area (Å²) in [6.07, 6.45) is 1.98. The van der Waals surface area contributed by atoms with Gasteiger partial charge >= 0.3 is 0 Å². The van der Waals surface area contributed by atoms with E-state index in [1.54, 1.807) is 0 Å². The molecule has 18 heavy (non-hydrogen) atoms. The number of alkyl halides is 2. The van der Waals surface area contributed by atoms with Crippen LogP contribution in [0.4, 0.5) is 8.78 Å². The van der Waals surface area contributed by atoms with Crippen molar-refractivity contribution in [1.29, 1.82) is 0 Å². The van der Waals surface area contributed by atoms with Crippen LogP contribution in [0.15, 0.2) is 0 Å². The first-order valence-corrected chi connectivity index (χ1v) is 6.78. The Hall–Kier alpha value is -0.710. The molecule has 1 unspecified atom stereocenters. The number of amides is 1. The summed E-state index contributed by atoms with van der Waals surface area (Å²) in [5.74, 6) is -3.52. The summed E-state index contributed by atoms with van der Waals surface area (Å²) < 4.78 is 26.6. The minimum absolute atomic E-state index is 0.0969. The highest BCUT2D eigenvalue weighted by atomic mass is 19.3. The lowest BCUT2D eigenvalue weighted by atomic mass is 9.84. The van der Waals surface area contributed by atoms with Gasteiger partial charge in [-0.15, -0.1) is 0 Å². The predicted octanol–water partition coefficient (Wildman–Crippen LogP) is 2.45. The van der Waals surface area contributed by atoms with Crippen molar-refractivity contribution >= 4 is 5.91 Å². The van der Waals surface area contributed by atoms with Crippen molar-refractivity contribution in [3.63, 3.8) is 0 Å². The lowest BCUT2D eigenvalue weighted by molar-refractivity contribution is -0.134. The highest BCUT2D eigenvalue weighted by Gasteiger charge is 2.40. The van der Waals surface area contributed by atoms with Crippen LogP contribution in [0.3, 0.4) is 0 Å². The van der Waals surface area contributed by atoms with E-state index >= 15 is 0 Å². The van der Waals surface area contributed by atoms with E-state index in [9.17, 15) is 13.6 Å². The largest absolute Gasteiger partial charge is 0.349 e. The van der Waals surface area contributed by atoms with Crippen molar-refractivity contribution in [3.8, 4) is 0 Å². The molecule has 0 bridgehead atoms. The first kappa shape index (κ1) is 15.3. The third kappa shape index (κ3) is 3.64. The molecule has 106 valence electrons. The molecule has 1 atom stereocenters. The summed E-state index contributed by atoms with van der Waals surface area (Å²) in [5.41, 5.74) is 5.26. The lowest BCUT2D eigenvalue weighted by Gasteiger charge is -2.35. The Morgan fingerprint density at radius 2 is 2.06 bits per heavy atom. The van der Waals surface area contributed by atoms with Crippen molar-refractivity contribution in [3.05, 3.63) is 0 Å². The molecule has 1 amide bonds. The maximum absolute atomic E-state index is 13.3. The molecule has 5 heteroatoms. The van der Waals surface area contributed by atoms with Crippen molar-refractivity contribution in [2.24, 2.45) is 11.7 Å². The number of carbonyl (C=O) groups excluding carboxylic acids is 1. The van der Waals surface area contributed by atoms with Gasteiger partial charge in [-0.1, -0.05) is 13.8 Å². The van der Waals surface area contributed by atoms with Gasteiger partial charge in [0, 0.05) is 25.3 Å². The summed E-state index contributed by atoms with van der Waals surface area (Å²) >= 11 is 0. The van der Waals surface area contributed by atoms with Gasteiger partial charge < -0.3 is 11.1 Å². The van der Waals surface area contributed by atoms with Gasteiger partial charge in [-0.25, -0.2) is 8.78 Å². The lowest BCUT2D eigenvalue weighted by Crippen LogP contribution is -2.55. The van der Waals surface area contributed by atoms with Crippen LogP contribution in [-0.2, 0) is 4.79 Å². The Bertz CT molecular complexity index is 282. The van der Waals surface area contributed by atoms with E-state index in [1.807, 2.05) is 13.8 Å². The molecule has 0 spiro atoms. The van der Waals surface area contributed by atoms with Gasteiger partial charge in [0.25, 0.3) is 0 Å². The van der Waals surface area contributed by atoms with Crippen LogP contribution in [0.2, 0.25) is 0 Å². The zero-order valence-electron chi connectivity index (χ0n) is 11.3. The van der Waals surface area contributed by atoms with Crippen LogP contribution in [0.5, 0.6) is 0 Å². The summed E-state index contributed by atoms with van der Waals surface area (Å²) in [5, 5.41) is 2.89. The summed E-state index contributed by atoms with van der Waals surface area (Å²) in [4.78, 5) is 12.1. The molecule has 0 aromatic carbocycles. The first-order chi connectivity index (χ1) is 8.38. The number of nitrogens with two attached hydrogens (primary N) is 1. The zero-order chi connectivity index (χ0) is 13.8. The van der Waals surface area contributed by atoms with Crippen molar-refractivity contribution in [2.75, 3.05) is 6.54 Å². The third-order valence-electron chi connectivity index (χ3n) is 4.14. The third-order valence-corrected chi connectivity index (χ3v) is 4.14. The van der Waals surface area contributed by atoms with E-state index in [0.29, 0.717) is 19.4 Å². The van der Waals surface area contributed by atoms with E-state index < -0.39 is 17.4 Å². The van der Waals surface area contributed by atoms with Gasteiger partial charge in [-0.2, -0.15) is 0 Å². The second-order valence-corrected chi connectivity index (χ2v) is 5.33. The summed E-state index contributed by atoms with van der Waals surface area (Å²) in [6.45, 7) is 4.24. The molecule has 0 heterocycles. The van der Waals surface area contributed by atoms with Gasteiger partial charge in [-0.3, -0.25) is 4.79 Å². The number of carbonyl (C=O) groups is 1. The maximum Gasteiger partial charge on any atom is 0.248 e. The molecule has 1 aliphatic carbocycles. The Labute approximate surface area is 107 Å². The molecule has 3 nitrogen and oxygen atoms in total. The number of rotatable bonds is 5. The number of hydrogen-bond acceptors (Lipinski definition) is 2. The number of halogens is 2. The quantitative estimate of drug-likeness (QED) is 0.799. The van der Waals surface area contributed by atoms with Gasteiger partial charge in [0.1, 0.15) is 0 Å². The van der Waals surface area contributed by atoms with Crippen molar-refractivity contribution < 1.29 is 13.6 Å². The molecular formula is C13H24F2N2O. The van der Waals surface area contributed by atoms with Crippen molar-refractivity contribution in [1.82, 2.24) is 5.32 Å². The second-order valence-electron chi connectivity index (χ2n) is 5.33. The average Bonchev–Trinajstić information content (AvgIpc) is 2.35. The van der Waals surface area contributed by atoms with Gasteiger partial charge in [0.15, 0.2) is 0 Å². The Morgan fingerprint density at radius 1 is 1.44 bits per heavy atom. The summed E-state index contributed by atoms with van der Waals surface area (Å²) in [6, 6.07) is 0. The molecular weight excluding hydrogens is 238 g/mol. The Balaban J connectivity index is 2.64. The van der Waals surface area contributed by atoms with E-state index in [1.165, 1.54) is 0 Å². The molecule has 1 aliphatic rings. The van der Waals surface area contributed by atoms with Crippen LogP contribution < -0.4 is 11.1 Å². The topological polar surface area (TPSA) is 55.1 Å². The fraction of sp³-hybridized carbons (Fsp3) is 0.923. The monoisotopic (exact) mass is 262 g/mol. The average molecular weight is 262 g/mol. The van der Waals surface area contributed by atoms with Gasteiger partial charge in [0.2, 0.25) is 11.8 Å². The van der Waals surface area contributed by atoms with Crippen LogP contribution in [0.1, 0.15) is 52.4 Å². The molecule has 0 radical (unpaired) electrons. The number of hydrogen-bond donors (Lipinski definition) is 2. The van der Waals surface area contributed by atoms with Crippen molar-refractivity contribution in [2.45, 2.75) is 63.8 Å². The van der Waals surface area contributed by atoms with E-state index in [0.717, 1.165) is 12.8 Å². The molecule has 1 saturated carbocycles. The van der Waals surface area contributed by atoms with Crippen LogP contribution in [0.25, 0.3) is 0 Å². The standard InChI is InChI=1S/C13H24F2N2O/c1-3-12(4-2,9-16)17-11(18)10-6-5-7-13(14,15)8-10/h10H,3-9,16H2,1-2H3,(H,17,18). The van der Waals surface area contributed by atoms with Gasteiger partial charge in [-0.05, 0) is 25.7 Å². The molecule has 0 aromatic heterocycles. The van der Waals surface area contributed by atoms with E-state index in [4.69, 9.17) is 5.73 Å². The molecule has 1 rings (SSSR count). The SMILES string of the molecule is CCC(CC)(CN)NC(=O)C1CCCC(F)(F)C1. The smallest absolute Gasteiger partial charge is 0.248 e. The fourth-order valence-electron chi connectivity index (χ4n) is 2.53. The van der Waals surface area contributed by atoms with Crippen LogP contribution in [-0.4, -0.2) is 23.9 Å². The molecule has 0 saturated heterocycles. The normalized spacial score (nSPS) is 23.7. The first-order valence-electron chi connectivity index (χ1n) is 6.78. The highest BCUT2D eigenvalue weighted by Crippen LogP contribution is 2.37. The second kappa shape index (κ2) is 5.95. The highest BCUT2D eigenvalue weighted by molar-refractivity contribution is 5.79. The zero-order valence-corrected chi connectivity index (χ0v) is 11.3. The van der Waals surface area contributed by atoms with Gasteiger partial charge in [0.05, 0.1) is 5.54 Å². The van der Waals surface area contributed by atoms with E-state index in [-0.39, 0.29) is 18.7 Å². The van der Waals surface area contributed by atoms with Crippen LogP contribution >= 0.6 is 0 Å². The molecule has 1 fully saturated rings. The summed E-state index contributed by atoms with van der Waals surface area (Å²) in [7, 11) is 0. The molecule has 3 N–H and O–H groups in total. The number of nitrogens with one attached hydrogen (secondary N) is 1. The fourth-order valence-corrected chi connectivity index (χ4v) is 2.53. The maximum atomic E-state index is 13.3.